The molecule has 2 N–H and O–H groups in total. The molecule has 0 bridgehead atoms. The molecule has 0 saturated carbocycles. The van der Waals surface area contributed by atoms with Crippen LogP contribution < -0.4 is 5.73 Å². The molecular weight excluding hydrogens is 239 g/mol. The van der Waals surface area contributed by atoms with Crippen molar-refractivity contribution in [3.05, 3.63) is 35.6 Å². The van der Waals surface area contributed by atoms with Crippen LogP contribution in [-0.2, 0) is 0 Å². The van der Waals surface area contributed by atoms with Crippen molar-refractivity contribution in [3.8, 4) is 0 Å². The van der Waals surface area contributed by atoms with Crippen LogP contribution in [0.4, 0.5) is 4.39 Å². The van der Waals surface area contributed by atoms with E-state index in [9.17, 15) is 4.39 Å². The Morgan fingerprint density at radius 3 is 2.37 bits per heavy atom. The van der Waals surface area contributed by atoms with E-state index in [2.05, 4.69) is 18.7 Å². The summed E-state index contributed by atoms with van der Waals surface area (Å²) in [6.07, 6.45) is 3.69. The summed E-state index contributed by atoms with van der Waals surface area (Å²) in [7, 11) is 0. The summed E-state index contributed by atoms with van der Waals surface area (Å²) in [5, 5.41) is 0. The van der Waals surface area contributed by atoms with Crippen LogP contribution in [-0.4, -0.2) is 24.5 Å². The van der Waals surface area contributed by atoms with Crippen molar-refractivity contribution in [2.24, 2.45) is 11.1 Å². The standard InChI is InChI=1S/C16H25FN2/c1-3-16(4-2)9-10-19(12-16)15(11-18)13-5-7-14(17)8-6-13/h5-8,15H,3-4,9-12,18H2,1-2H3. The second-order valence-corrected chi connectivity index (χ2v) is 5.73. The average Bonchev–Trinajstić information content (AvgIpc) is 2.87. The molecule has 1 aromatic rings. The van der Waals surface area contributed by atoms with E-state index in [1.807, 2.05) is 12.1 Å². The Labute approximate surface area is 115 Å². The zero-order valence-electron chi connectivity index (χ0n) is 12.0. The van der Waals surface area contributed by atoms with Crippen molar-refractivity contribution in [2.75, 3.05) is 19.6 Å². The SMILES string of the molecule is CCC1(CC)CCN(C(CN)c2ccc(F)cc2)C1. The lowest BCUT2D eigenvalue weighted by molar-refractivity contribution is 0.197. The van der Waals surface area contributed by atoms with E-state index < -0.39 is 0 Å². The molecule has 0 aromatic heterocycles. The third-order valence-electron chi connectivity index (χ3n) is 4.89. The van der Waals surface area contributed by atoms with Crippen LogP contribution in [0, 0.1) is 11.2 Å². The maximum atomic E-state index is 13.0. The smallest absolute Gasteiger partial charge is 0.123 e. The third-order valence-corrected chi connectivity index (χ3v) is 4.89. The predicted molar refractivity (Wildman–Crippen MR) is 77.4 cm³/mol. The Morgan fingerprint density at radius 2 is 1.89 bits per heavy atom. The first kappa shape index (κ1) is 14.5. The van der Waals surface area contributed by atoms with E-state index in [4.69, 9.17) is 5.73 Å². The molecule has 3 heteroatoms. The second-order valence-electron chi connectivity index (χ2n) is 5.73. The lowest BCUT2D eigenvalue weighted by atomic mass is 9.82. The van der Waals surface area contributed by atoms with Crippen molar-refractivity contribution in [1.82, 2.24) is 4.90 Å². The van der Waals surface area contributed by atoms with Gasteiger partial charge in [0.05, 0.1) is 0 Å². The number of halogens is 1. The maximum Gasteiger partial charge on any atom is 0.123 e. The van der Waals surface area contributed by atoms with Crippen molar-refractivity contribution in [3.63, 3.8) is 0 Å². The number of benzene rings is 1. The molecule has 1 fully saturated rings. The van der Waals surface area contributed by atoms with Crippen LogP contribution in [0.2, 0.25) is 0 Å². The molecule has 0 amide bonds. The molecule has 1 heterocycles. The fourth-order valence-electron chi connectivity index (χ4n) is 3.24. The van der Waals surface area contributed by atoms with Crippen molar-refractivity contribution in [2.45, 2.75) is 39.2 Å². The molecule has 2 rings (SSSR count). The molecule has 2 nitrogen and oxygen atoms in total. The molecule has 106 valence electrons. The summed E-state index contributed by atoms with van der Waals surface area (Å²) in [5.74, 6) is -0.183. The van der Waals surface area contributed by atoms with E-state index in [0.717, 1.165) is 18.7 Å². The van der Waals surface area contributed by atoms with E-state index >= 15 is 0 Å². The van der Waals surface area contributed by atoms with Gasteiger partial charge in [0.25, 0.3) is 0 Å². The fourth-order valence-corrected chi connectivity index (χ4v) is 3.24. The minimum Gasteiger partial charge on any atom is -0.329 e. The molecule has 1 unspecified atom stereocenters. The van der Waals surface area contributed by atoms with Gasteiger partial charge in [-0.25, -0.2) is 4.39 Å². The zero-order chi connectivity index (χ0) is 13.9. The van der Waals surface area contributed by atoms with Gasteiger partial charge >= 0.3 is 0 Å². The first-order chi connectivity index (χ1) is 9.14. The maximum absolute atomic E-state index is 13.0. The van der Waals surface area contributed by atoms with Gasteiger partial charge in [0.15, 0.2) is 0 Å². The van der Waals surface area contributed by atoms with Gasteiger partial charge < -0.3 is 5.73 Å². The topological polar surface area (TPSA) is 29.3 Å². The lowest BCUT2D eigenvalue weighted by Gasteiger charge is -2.31. The molecule has 1 aliphatic rings. The fraction of sp³-hybridized carbons (Fsp3) is 0.625. The van der Waals surface area contributed by atoms with Crippen LogP contribution in [0.5, 0.6) is 0 Å². The minimum atomic E-state index is -0.183. The molecule has 0 aliphatic carbocycles. The third kappa shape index (κ3) is 2.98. The first-order valence-corrected chi connectivity index (χ1v) is 7.33. The number of hydrogen-bond donors (Lipinski definition) is 1. The van der Waals surface area contributed by atoms with Gasteiger partial charge in [0, 0.05) is 19.1 Å². The highest BCUT2D eigenvalue weighted by Crippen LogP contribution is 2.40. The number of hydrogen-bond acceptors (Lipinski definition) is 2. The largest absolute Gasteiger partial charge is 0.329 e. The Hall–Kier alpha value is -0.930. The average molecular weight is 264 g/mol. The molecule has 0 spiro atoms. The van der Waals surface area contributed by atoms with Crippen molar-refractivity contribution in [1.29, 1.82) is 0 Å². The van der Waals surface area contributed by atoms with E-state index in [1.54, 1.807) is 0 Å². The summed E-state index contributed by atoms with van der Waals surface area (Å²) < 4.78 is 13.0. The summed E-state index contributed by atoms with van der Waals surface area (Å²) in [6.45, 7) is 7.36. The Bertz CT molecular complexity index is 398. The summed E-state index contributed by atoms with van der Waals surface area (Å²) in [4.78, 5) is 2.47. The second kappa shape index (κ2) is 6.02. The van der Waals surface area contributed by atoms with E-state index in [0.29, 0.717) is 12.0 Å². The molecular formula is C16H25FN2. The van der Waals surface area contributed by atoms with Crippen molar-refractivity contribution >= 4 is 0 Å². The van der Waals surface area contributed by atoms with Gasteiger partial charge in [-0.3, -0.25) is 4.90 Å². The van der Waals surface area contributed by atoms with Gasteiger partial charge in [-0.1, -0.05) is 26.0 Å². The van der Waals surface area contributed by atoms with Crippen LogP contribution in [0.3, 0.4) is 0 Å². The Balaban J connectivity index is 2.13. The quantitative estimate of drug-likeness (QED) is 0.884. The molecule has 1 atom stereocenters. The Morgan fingerprint density at radius 1 is 1.26 bits per heavy atom. The van der Waals surface area contributed by atoms with E-state index in [1.165, 1.54) is 31.4 Å². The highest BCUT2D eigenvalue weighted by Gasteiger charge is 2.37. The molecule has 19 heavy (non-hydrogen) atoms. The van der Waals surface area contributed by atoms with Crippen LogP contribution in [0.15, 0.2) is 24.3 Å². The van der Waals surface area contributed by atoms with Gasteiger partial charge in [-0.15, -0.1) is 0 Å². The molecule has 1 aliphatic heterocycles. The summed E-state index contributed by atoms with van der Waals surface area (Å²) >= 11 is 0. The van der Waals surface area contributed by atoms with Gasteiger partial charge in [-0.2, -0.15) is 0 Å². The highest BCUT2D eigenvalue weighted by molar-refractivity contribution is 5.21. The molecule has 1 aromatic carbocycles. The molecule has 1 saturated heterocycles. The lowest BCUT2D eigenvalue weighted by Crippen LogP contribution is -2.34. The predicted octanol–water partition coefficient (Wildman–Crippen LogP) is 3.34. The van der Waals surface area contributed by atoms with Crippen LogP contribution in [0.25, 0.3) is 0 Å². The van der Waals surface area contributed by atoms with Gasteiger partial charge in [0.1, 0.15) is 5.82 Å². The van der Waals surface area contributed by atoms with Gasteiger partial charge in [0.2, 0.25) is 0 Å². The number of rotatable bonds is 5. The van der Waals surface area contributed by atoms with Gasteiger partial charge in [-0.05, 0) is 48.9 Å². The summed E-state index contributed by atoms with van der Waals surface area (Å²) in [5.41, 5.74) is 7.54. The molecule has 0 radical (unpaired) electrons. The minimum absolute atomic E-state index is 0.183. The van der Waals surface area contributed by atoms with E-state index in [-0.39, 0.29) is 11.9 Å². The number of likely N-dealkylation sites (tertiary alicyclic amines) is 1. The first-order valence-electron chi connectivity index (χ1n) is 7.33. The normalized spacial score (nSPS) is 20.6. The zero-order valence-corrected chi connectivity index (χ0v) is 12.0. The highest BCUT2D eigenvalue weighted by atomic mass is 19.1. The number of nitrogens with two attached hydrogens (primary N) is 1. The van der Waals surface area contributed by atoms with Crippen LogP contribution in [0.1, 0.15) is 44.7 Å². The van der Waals surface area contributed by atoms with Crippen molar-refractivity contribution < 1.29 is 4.39 Å². The summed E-state index contributed by atoms with van der Waals surface area (Å²) in [6, 6.07) is 7.01. The number of nitrogens with zero attached hydrogens (tertiary/aromatic N) is 1. The monoisotopic (exact) mass is 264 g/mol. The Kier molecular flexibility index (Phi) is 4.58. The van der Waals surface area contributed by atoms with Crippen LogP contribution >= 0.6 is 0 Å².